The number of ether oxygens (including phenoxy) is 1. The summed E-state index contributed by atoms with van der Waals surface area (Å²) in [5.74, 6) is -3.70. The maximum absolute atomic E-state index is 13.9. The van der Waals surface area contributed by atoms with Gasteiger partial charge in [-0.25, -0.2) is 12.8 Å². The molecule has 3 aliphatic rings. The number of benzene rings is 2. The topological polar surface area (TPSA) is 131 Å². The number of carbonyl (C=O) groups excluding carboxylic acids is 1. The van der Waals surface area contributed by atoms with Gasteiger partial charge in [-0.05, 0) is 42.5 Å². The maximum Gasteiger partial charge on any atom is 0.417 e. The number of nitriles is 1. The van der Waals surface area contributed by atoms with E-state index in [0.717, 1.165) is 46.6 Å². The number of sulfonamides is 1. The first-order chi connectivity index (χ1) is 19.0. The molecule has 6 atom stereocenters. The molecule has 2 aromatic carbocycles. The number of hydrogen-bond acceptors (Lipinski definition) is 7. The van der Waals surface area contributed by atoms with Crippen molar-refractivity contribution in [3.05, 3.63) is 59.4 Å². The Hall–Kier alpha value is -3.09. The number of likely N-dealkylation sites (N-methyl/N-ethyl adjacent to an activating group) is 1. The minimum atomic E-state index is -4.90. The van der Waals surface area contributed by atoms with Crippen molar-refractivity contribution in [1.29, 1.82) is 5.26 Å². The summed E-state index contributed by atoms with van der Waals surface area (Å²) >= 11 is 0. The highest BCUT2D eigenvalue weighted by atomic mass is 32.2. The third-order valence-corrected chi connectivity index (χ3v) is 10.6. The Morgan fingerprint density at radius 3 is 2.39 bits per heavy atom. The third kappa shape index (κ3) is 4.25. The number of rotatable bonds is 4. The van der Waals surface area contributed by atoms with Crippen molar-refractivity contribution in [2.75, 3.05) is 18.6 Å². The monoisotopic (exact) mass is 597 g/mol. The molecule has 0 spiro atoms. The van der Waals surface area contributed by atoms with Crippen molar-refractivity contribution in [1.82, 2.24) is 4.31 Å². The van der Waals surface area contributed by atoms with Gasteiger partial charge in [0.15, 0.2) is 0 Å². The van der Waals surface area contributed by atoms with E-state index in [1.165, 1.54) is 26.0 Å². The molecule has 14 heteroatoms. The Bertz CT molecular complexity index is 1540. The first-order valence-electron chi connectivity index (χ1n) is 12.7. The summed E-state index contributed by atoms with van der Waals surface area (Å²) in [6.07, 6.45) is -7.99. The number of alkyl halides is 3. The normalized spacial score (nSPS) is 31.2. The van der Waals surface area contributed by atoms with Crippen LogP contribution >= 0.6 is 0 Å². The zero-order valence-electron chi connectivity index (χ0n) is 22.1. The summed E-state index contributed by atoms with van der Waals surface area (Å²) in [7, 11) is -3.24. The Morgan fingerprint density at radius 2 is 1.80 bits per heavy atom. The van der Waals surface area contributed by atoms with Gasteiger partial charge < -0.3 is 14.9 Å². The van der Waals surface area contributed by atoms with Gasteiger partial charge in [0.2, 0.25) is 15.9 Å². The molecule has 3 fully saturated rings. The fourth-order valence-corrected chi connectivity index (χ4v) is 8.10. The summed E-state index contributed by atoms with van der Waals surface area (Å²) in [6, 6.07) is 6.77. The average molecular weight is 598 g/mol. The molecule has 0 aromatic heterocycles. The van der Waals surface area contributed by atoms with Gasteiger partial charge in [-0.1, -0.05) is 13.8 Å². The number of carbonyl (C=O) groups is 1. The van der Waals surface area contributed by atoms with Crippen molar-refractivity contribution in [3.8, 4) is 6.07 Å². The number of halogens is 4. The lowest BCUT2D eigenvalue weighted by molar-refractivity contribution is -0.243. The molecule has 2 N–H and O–H groups in total. The molecule has 0 radical (unpaired) electrons. The molecule has 2 aliphatic heterocycles. The standard InChI is InChI=1S/C27H27F4N3O6S/c1-25(2)19-20-24(34(23(19)36)16-7-4-14(13-32)18(12-16)27(29,30)31)40-11-10-26(20,37)21(22(25)35)33(3)41(38,39)17-8-5-15(28)6-9-17/h4-9,12,19-22,24,35,37H,10-11H2,1-3H3/t19?,20?,21-,22-,24+,26-/m1/s1. The van der Waals surface area contributed by atoms with Crippen LogP contribution in [0, 0.1) is 34.4 Å². The second-order valence-electron chi connectivity index (χ2n) is 11.2. The van der Waals surface area contributed by atoms with E-state index >= 15 is 0 Å². The Morgan fingerprint density at radius 1 is 1.17 bits per heavy atom. The Labute approximate surface area is 233 Å². The van der Waals surface area contributed by atoms with Crippen LogP contribution in [0.3, 0.4) is 0 Å². The van der Waals surface area contributed by atoms with E-state index in [0.29, 0.717) is 6.07 Å². The molecule has 2 saturated heterocycles. The van der Waals surface area contributed by atoms with Crippen LogP contribution < -0.4 is 4.90 Å². The maximum atomic E-state index is 13.9. The highest BCUT2D eigenvalue weighted by Crippen LogP contribution is 2.59. The van der Waals surface area contributed by atoms with Gasteiger partial charge in [0, 0.05) is 30.5 Å². The van der Waals surface area contributed by atoms with Crippen molar-refractivity contribution >= 4 is 21.6 Å². The summed E-state index contributed by atoms with van der Waals surface area (Å²) < 4.78 is 88.6. The average Bonchev–Trinajstić information content (AvgIpc) is 3.21. The molecule has 41 heavy (non-hydrogen) atoms. The zero-order valence-corrected chi connectivity index (χ0v) is 22.9. The minimum absolute atomic E-state index is 0.186. The van der Waals surface area contributed by atoms with Gasteiger partial charge in [-0.2, -0.15) is 22.7 Å². The second kappa shape index (κ2) is 9.47. The van der Waals surface area contributed by atoms with E-state index in [1.807, 2.05) is 0 Å². The summed E-state index contributed by atoms with van der Waals surface area (Å²) in [4.78, 5) is 14.6. The smallest absolute Gasteiger partial charge is 0.391 e. The van der Waals surface area contributed by atoms with Gasteiger partial charge in [0.25, 0.3) is 0 Å². The minimum Gasteiger partial charge on any atom is -0.391 e. The second-order valence-corrected chi connectivity index (χ2v) is 13.2. The Kier molecular flexibility index (Phi) is 6.79. The number of nitrogens with zero attached hydrogens (tertiary/aromatic N) is 3. The van der Waals surface area contributed by atoms with Crippen molar-refractivity contribution in [3.63, 3.8) is 0 Å². The van der Waals surface area contributed by atoms with Crippen LogP contribution in [0.4, 0.5) is 23.2 Å². The predicted molar refractivity (Wildman–Crippen MR) is 135 cm³/mol. The van der Waals surface area contributed by atoms with Gasteiger partial charge in [0.05, 0.1) is 52.4 Å². The molecule has 1 aliphatic carbocycles. The molecular formula is C27H27F4N3O6S. The molecular weight excluding hydrogens is 570 g/mol. The number of hydrogen-bond donors (Lipinski definition) is 2. The summed E-state index contributed by atoms with van der Waals surface area (Å²) in [6.45, 7) is 2.82. The van der Waals surface area contributed by atoms with Crippen LogP contribution in [0.2, 0.25) is 0 Å². The van der Waals surface area contributed by atoms with E-state index in [1.54, 1.807) is 0 Å². The van der Waals surface area contributed by atoms with Crippen LogP contribution in [-0.2, 0) is 25.7 Å². The molecule has 1 amide bonds. The van der Waals surface area contributed by atoms with Crippen LogP contribution in [0.1, 0.15) is 31.4 Å². The summed E-state index contributed by atoms with van der Waals surface area (Å²) in [5.41, 5.74) is -5.56. The molecule has 5 rings (SSSR count). The zero-order chi connectivity index (χ0) is 30.3. The van der Waals surface area contributed by atoms with Crippen LogP contribution in [0.15, 0.2) is 47.4 Å². The number of anilines is 1. The van der Waals surface area contributed by atoms with E-state index < -0.39 is 80.3 Å². The first-order valence-corrected chi connectivity index (χ1v) is 14.1. The van der Waals surface area contributed by atoms with E-state index in [2.05, 4.69) is 0 Å². The number of aliphatic hydroxyl groups excluding tert-OH is 1. The molecule has 2 aromatic rings. The van der Waals surface area contributed by atoms with Gasteiger partial charge in [0.1, 0.15) is 12.0 Å². The third-order valence-electron chi connectivity index (χ3n) is 8.76. The highest BCUT2D eigenvalue weighted by molar-refractivity contribution is 7.89. The first kappa shape index (κ1) is 29.4. The van der Waals surface area contributed by atoms with Crippen LogP contribution in [0.5, 0.6) is 0 Å². The molecule has 9 nitrogen and oxygen atoms in total. The van der Waals surface area contributed by atoms with Gasteiger partial charge >= 0.3 is 6.18 Å². The molecule has 2 unspecified atom stereocenters. The van der Waals surface area contributed by atoms with Gasteiger partial charge in [-0.3, -0.25) is 9.69 Å². The van der Waals surface area contributed by atoms with Gasteiger partial charge in [-0.15, -0.1) is 0 Å². The SMILES string of the molecule is CN([C@@H]1[C@@H](O)C(C)(C)C2C(=O)N(c3ccc(C#N)c(C(F)(F)F)c3)[C@H]3OCC[C@@]1(O)C23)S(=O)(=O)c1ccc(F)cc1. The molecule has 0 bridgehead atoms. The van der Waals surface area contributed by atoms with E-state index in [-0.39, 0.29) is 23.6 Å². The van der Waals surface area contributed by atoms with E-state index in [4.69, 9.17) is 4.74 Å². The lowest BCUT2D eigenvalue weighted by Gasteiger charge is -2.59. The Balaban J connectivity index is 1.63. The van der Waals surface area contributed by atoms with Crippen molar-refractivity contribution < 1.29 is 45.7 Å². The fourth-order valence-electron chi connectivity index (χ4n) is 6.69. The van der Waals surface area contributed by atoms with E-state index in [9.17, 15) is 46.2 Å². The molecule has 220 valence electrons. The van der Waals surface area contributed by atoms with Crippen LogP contribution in [0.25, 0.3) is 0 Å². The number of aliphatic hydroxyl groups is 2. The highest BCUT2D eigenvalue weighted by Gasteiger charge is 2.73. The lowest BCUT2D eigenvalue weighted by atomic mass is 9.54. The largest absolute Gasteiger partial charge is 0.417 e. The molecule has 1 saturated carbocycles. The van der Waals surface area contributed by atoms with Crippen molar-refractivity contribution in [2.45, 2.75) is 55.3 Å². The fraction of sp³-hybridized carbons (Fsp3) is 0.481. The predicted octanol–water partition coefficient (Wildman–Crippen LogP) is 2.86. The number of amides is 1. The van der Waals surface area contributed by atoms with Crippen molar-refractivity contribution in [2.24, 2.45) is 17.3 Å². The lowest BCUT2D eigenvalue weighted by Crippen LogP contribution is -2.74. The van der Waals surface area contributed by atoms with Crippen LogP contribution in [-0.4, -0.2) is 66.5 Å². The summed E-state index contributed by atoms with van der Waals surface area (Å²) in [5, 5.41) is 33.0. The molecule has 2 heterocycles. The quantitative estimate of drug-likeness (QED) is 0.519.